The number of anilines is 2. The number of rotatable bonds is 8. The third kappa shape index (κ3) is 6.17. The monoisotopic (exact) mass is 415 g/mol. The lowest BCUT2D eigenvalue weighted by atomic mass is 10.2. The van der Waals surface area contributed by atoms with Gasteiger partial charge in [-0.05, 0) is 36.4 Å². The molecule has 1 amide bonds. The van der Waals surface area contributed by atoms with Gasteiger partial charge in [0.25, 0.3) is 11.6 Å². The van der Waals surface area contributed by atoms with Crippen LogP contribution in [0, 0.1) is 10.1 Å². The molecule has 10 heteroatoms. The van der Waals surface area contributed by atoms with Crippen molar-refractivity contribution in [3.05, 3.63) is 58.6 Å². The summed E-state index contributed by atoms with van der Waals surface area (Å²) in [5, 5.41) is 13.2. The first-order valence-corrected chi connectivity index (χ1v) is 9.27. The molecule has 0 aliphatic carbocycles. The van der Waals surface area contributed by atoms with Crippen LogP contribution < -0.4 is 15.0 Å². The summed E-state index contributed by atoms with van der Waals surface area (Å²) in [6.45, 7) is 2.16. The number of nitrogens with one attached hydrogen (secondary N) is 1. The van der Waals surface area contributed by atoms with Crippen molar-refractivity contribution in [2.24, 2.45) is 0 Å². The average molecular weight is 415 g/mol. The summed E-state index contributed by atoms with van der Waals surface area (Å²) < 4.78 is 15.4. The van der Waals surface area contributed by atoms with Crippen LogP contribution in [0.15, 0.2) is 48.5 Å². The smallest absolute Gasteiger partial charge is 0.344 e. The van der Waals surface area contributed by atoms with E-state index in [4.69, 9.17) is 14.2 Å². The zero-order valence-electron chi connectivity index (χ0n) is 16.1. The average Bonchev–Trinajstić information content (AvgIpc) is 2.77. The number of benzene rings is 2. The minimum absolute atomic E-state index is 0.0837. The Kier molecular flexibility index (Phi) is 7.17. The summed E-state index contributed by atoms with van der Waals surface area (Å²) in [6, 6.07) is 12.6. The van der Waals surface area contributed by atoms with Crippen LogP contribution in [0.1, 0.15) is 0 Å². The van der Waals surface area contributed by atoms with Crippen LogP contribution in [0.5, 0.6) is 5.75 Å². The molecule has 1 heterocycles. The van der Waals surface area contributed by atoms with Gasteiger partial charge in [-0.3, -0.25) is 14.9 Å². The zero-order chi connectivity index (χ0) is 21.3. The maximum Gasteiger partial charge on any atom is 0.344 e. The number of esters is 1. The van der Waals surface area contributed by atoms with Gasteiger partial charge in [0.1, 0.15) is 5.75 Å². The van der Waals surface area contributed by atoms with Crippen molar-refractivity contribution in [1.82, 2.24) is 0 Å². The van der Waals surface area contributed by atoms with E-state index in [1.54, 1.807) is 12.1 Å². The van der Waals surface area contributed by atoms with E-state index in [1.165, 1.54) is 24.3 Å². The van der Waals surface area contributed by atoms with Crippen molar-refractivity contribution in [1.29, 1.82) is 0 Å². The maximum atomic E-state index is 12.0. The van der Waals surface area contributed by atoms with Crippen LogP contribution in [-0.2, 0) is 19.1 Å². The molecule has 1 aliphatic heterocycles. The number of carbonyl (C=O) groups is 2. The van der Waals surface area contributed by atoms with Crippen molar-refractivity contribution in [3.8, 4) is 5.75 Å². The summed E-state index contributed by atoms with van der Waals surface area (Å²) in [4.78, 5) is 35.9. The van der Waals surface area contributed by atoms with E-state index in [0.29, 0.717) is 18.9 Å². The second kappa shape index (κ2) is 10.2. The molecule has 1 saturated heterocycles. The number of amides is 1. The molecule has 0 bridgehead atoms. The lowest BCUT2D eigenvalue weighted by molar-refractivity contribution is -0.384. The van der Waals surface area contributed by atoms with E-state index in [2.05, 4.69) is 10.2 Å². The number of nitro benzene ring substituents is 1. The van der Waals surface area contributed by atoms with Crippen molar-refractivity contribution >= 4 is 28.9 Å². The molecule has 30 heavy (non-hydrogen) atoms. The number of non-ortho nitro benzene ring substituents is 1. The molecule has 0 aromatic heterocycles. The number of carbonyl (C=O) groups excluding carboxylic acids is 2. The number of hydrogen-bond donors (Lipinski definition) is 1. The Morgan fingerprint density at radius 2 is 1.70 bits per heavy atom. The number of ether oxygens (including phenoxy) is 3. The maximum absolute atomic E-state index is 12.0. The Labute approximate surface area is 172 Å². The predicted octanol–water partition coefficient (Wildman–Crippen LogP) is 1.99. The van der Waals surface area contributed by atoms with Gasteiger partial charge in [-0.25, -0.2) is 4.79 Å². The first kappa shape index (κ1) is 21.1. The van der Waals surface area contributed by atoms with Gasteiger partial charge in [-0.2, -0.15) is 0 Å². The van der Waals surface area contributed by atoms with Crippen molar-refractivity contribution in [2.75, 3.05) is 49.7 Å². The topological polar surface area (TPSA) is 120 Å². The van der Waals surface area contributed by atoms with Gasteiger partial charge >= 0.3 is 5.97 Å². The van der Waals surface area contributed by atoms with Crippen molar-refractivity contribution in [2.45, 2.75) is 0 Å². The molecule has 2 aromatic carbocycles. The van der Waals surface area contributed by atoms with Gasteiger partial charge in [0.2, 0.25) is 0 Å². The van der Waals surface area contributed by atoms with E-state index < -0.39 is 30.0 Å². The van der Waals surface area contributed by atoms with Gasteiger partial charge < -0.3 is 24.4 Å². The standard InChI is InChI=1S/C20H21N3O7/c24-19(21-15-1-3-16(4-2-15)22-9-11-28-12-10-22)13-30-20(25)14-29-18-7-5-17(6-8-18)23(26)27/h1-8H,9-14H2,(H,21,24). The molecule has 0 radical (unpaired) electrons. The fraction of sp³-hybridized carbons (Fsp3) is 0.300. The number of morpholine rings is 1. The van der Waals surface area contributed by atoms with Crippen LogP contribution in [-0.4, -0.2) is 56.3 Å². The SMILES string of the molecule is O=C(COC(=O)COc1ccc([N+](=O)[O-])cc1)Nc1ccc(N2CCOCC2)cc1. The molecule has 0 spiro atoms. The van der Waals surface area contributed by atoms with Gasteiger partial charge in [-0.15, -0.1) is 0 Å². The third-order valence-electron chi connectivity index (χ3n) is 4.30. The van der Waals surface area contributed by atoms with Crippen LogP contribution in [0.3, 0.4) is 0 Å². The Morgan fingerprint density at radius 1 is 1.03 bits per heavy atom. The molecule has 10 nitrogen and oxygen atoms in total. The highest BCUT2D eigenvalue weighted by molar-refractivity contribution is 5.93. The lowest BCUT2D eigenvalue weighted by Crippen LogP contribution is -2.36. The highest BCUT2D eigenvalue weighted by Crippen LogP contribution is 2.19. The predicted molar refractivity (Wildman–Crippen MR) is 108 cm³/mol. The third-order valence-corrected chi connectivity index (χ3v) is 4.30. The summed E-state index contributed by atoms with van der Waals surface area (Å²) in [5.41, 5.74) is 1.56. The lowest BCUT2D eigenvalue weighted by Gasteiger charge is -2.28. The highest BCUT2D eigenvalue weighted by atomic mass is 16.6. The number of nitrogens with zero attached hydrogens (tertiary/aromatic N) is 2. The highest BCUT2D eigenvalue weighted by Gasteiger charge is 2.12. The Morgan fingerprint density at radius 3 is 2.33 bits per heavy atom. The summed E-state index contributed by atoms with van der Waals surface area (Å²) in [7, 11) is 0. The van der Waals surface area contributed by atoms with Crippen molar-refractivity contribution in [3.63, 3.8) is 0 Å². The van der Waals surface area contributed by atoms with Gasteiger partial charge in [0, 0.05) is 36.6 Å². The van der Waals surface area contributed by atoms with E-state index in [1.807, 2.05) is 12.1 Å². The zero-order valence-corrected chi connectivity index (χ0v) is 16.1. The fourth-order valence-electron chi connectivity index (χ4n) is 2.77. The quantitative estimate of drug-likeness (QED) is 0.395. The van der Waals surface area contributed by atoms with Crippen LogP contribution in [0.2, 0.25) is 0 Å². The molecule has 0 unspecified atom stereocenters. The molecule has 2 aromatic rings. The van der Waals surface area contributed by atoms with Crippen molar-refractivity contribution < 1.29 is 28.7 Å². The molecule has 158 valence electrons. The minimum Gasteiger partial charge on any atom is -0.482 e. The van der Waals surface area contributed by atoms with Gasteiger partial charge in [0.15, 0.2) is 13.2 Å². The first-order chi connectivity index (χ1) is 14.5. The largest absolute Gasteiger partial charge is 0.482 e. The second-order valence-corrected chi connectivity index (χ2v) is 6.39. The van der Waals surface area contributed by atoms with Gasteiger partial charge in [0.05, 0.1) is 18.1 Å². The molecular weight excluding hydrogens is 394 g/mol. The molecule has 0 atom stereocenters. The molecule has 0 saturated carbocycles. The van der Waals surface area contributed by atoms with E-state index >= 15 is 0 Å². The Bertz CT molecular complexity index is 878. The fourth-order valence-corrected chi connectivity index (χ4v) is 2.77. The first-order valence-electron chi connectivity index (χ1n) is 9.27. The summed E-state index contributed by atoms with van der Waals surface area (Å²) in [5.74, 6) is -0.925. The summed E-state index contributed by atoms with van der Waals surface area (Å²) in [6.07, 6.45) is 0. The molecule has 1 N–H and O–H groups in total. The number of nitro groups is 1. The van der Waals surface area contributed by atoms with E-state index in [9.17, 15) is 19.7 Å². The normalized spacial score (nSPS) is 13.4. The minimum atomic E-state index is -0.730. The van der Waals surface area contributed by atoms with Crippen LogP contribution >= 0.6 is 0 Å². The Hall–Kier alpha value is -3.66. The van der Waals surface area contributed by atoms with E-state index in [0.717, 1.165) is 18.8 Å². The van der Waals surface area contributed by atoms with E-state index in [-0.39, 0.29) is 11.4 Å². The van der Waals surface area contributed by atoms with Gasteiger partial charge in [-0.1, -0.05) is 0 Å². The van der Waals surface area contributed by atoms with Crippen LogP contribution in [0.25, 0.3) is 0 Å². The Balaban J connectivity index is 1.38. The van der Waals surface area contributed by atoms with Crippen LogP contribution in [0.4, 0.5) is 17.1 Å². The molecule has 1 aliphatic rings. The number of hydrogen-bond acceptors (Lipinski definition) is 8. The second-order valence-electron chi connectivity index (χ2n) is 6.39. The molecular formula is C20H21N3O7. The molecule has 3 rings (SSSR count). The molecule has 1 fully saturated rings. The summed E-state index contributed by atoms with van der Waals surface area (Å²) >= 11 is 0.